The Morgan fingerprint density at radius 2 is 1.88 bits per heavy atom. The number of hydrogen-bond acceptors (Lipinski definition) is 4. The van der Waals surface area contributed by atoms with Crippen LogP contribution in [0.25, 0.3) is 0 Å². The van der Waals surface area contributed by atoms with E-state index in [0.717, 1.165) is 11.3 Å². The molecule has 0 fully saturated rings. The average molecular weight is 351 g/mol. The molecule has 6 heteroatoms. The van der Waals surface area contributed by atoms with Crippen molar-refractivity contribution in [3.8, 4) is 5.75 Å². The van der Waals surface area contributed by atoms with Crippen LogP contribution in [0.2, 0.25) is 0 Å². The van der Waals surface area contributed by atoms with Crippen molar-refractivity contribution >= 4 is 31.9 Å². The number of hydrazine groups is 1. The molecule has 0 bridgehead atoms. The highest BCUT2D eigenvalue weighted by Crippen LogP contribution is 2.18. The minimum absolute atomic E-state index is 0.462. The lowest BCUT2D eigenvalue weighted by Gasteiger charge is -2.18. The highest BCUT2D eigenvalue weighted by molar-refractivity contribution is 9.14. The number of ether oxygens (including phenoxy) is 1. The second-order valence-corrected chi connectivity index (χ2v) is 4.72. The smallest absolute Gasteiger partial charge is 0.126 e. The van der Waals surface area contributed by atoms with E-state index in [1.54, 1.807) is 7.11 Å². The van der Waals surface area contributed by atoms with Gasteiger partial charge in [0.15, 0.2) is 0 Å². The van der Waals surface area contributed by atoms with Crippen molar-refractivity contribution in [2.45, 2.75) is 6.54 Å². The molecule has 0 radical (unpaired) electrons. The molecule has 0 aromatic heterocycles. The molecular weight excluding hydrogens is 338 g/mol. The van der Waals surface area contributed by atoms with Gasteiger partial charge in [-0.25, -0.2) is 5.84 Å². The maximum Gasteiger partial charge on any atom is 0.126 e. The minimum Gasteiger partial charge on any atom is -0.497 e. The van der Waals surface area contributed by atoms with Gasteiger partial charge in [0, 0.05) is 0 Å². The summed E-state index contributed by atoms with van der Waals surface area (Å²) >= 11 is 6.42. The van der Waals surface area contributed by atoms with Gasteiger partial charge in [-0.2, -0.15) is 0 Å². The number of benzene rings is 1. The Kier molecular flexibility index (Phi) is 5.11. The van der Waals surface area contributed by atoms with E-state index < -0.39 is 0 Å². The Balaban J connectivity index is 2.70. The fraction of sp³-hybridized carbons (Fsp3) is 0.200. The van der Waals surface area contributed by atoms with Gasteiger partial charge in [-0.1, -0.05) is 12.1 Å². The van der Waals surface area contributed by atoms with Crippen LogP contribution >= 0.6 is 31.9 Å². The van der Waals surface area contributed by atoms with Crippen LogP contribution in [0, 0.1) is 0 Å². The number of nitrogens with zero attached hydrogens (tertiary/aromatic N) is 1. The summed E-state index contributed by atoms with van der Waals surface area (Å²) in [5, 5.41) is 1.51. The molecule has 1 aromatic carbocycles. The standard InChI is InChI=1S/C10H13Br2N3O/c1-16-8-4-2-7(3-5-8)6-15(14)10(12)9(11)13/h2-5H,6,13-14H2,1H3/b10-9-. The van der Waals surface area contributed by atoms with Crippen LogP contribution < -0.4 is 16.3 Å². The van der Waals surface area contributed by atoms with Crippen molar-refractivity contribution < 1.29 is 4.74 Å². The molecule has 4 N–H and O–H groups in total. The summed E-state index contributed by atoms with van der Waals surface area (Å²) < 4.78 is 6.14. The average Bonchev–Trinajstić information content (AvgIpc) is 2.28. The lowest BCUT2D eigenvalue weighted by Crippen LogP contribution is -2.28. The van der Waals surface area contributed by atoms with Crippen molar-refractivity contribution in [3.05, 3.63) is 39.0 Å². The number of hydrogen-bond donors (Lipinski definition) is 2. The number of rotatable bonds is 4. The van der Waals surface area contributed by atoms with Crippen molar-refractivity contribution in [2.24, 2.45) is 11.6 Å². The fourth-order valence-electron chi connectivity index (χ4n) is 1.13. The van der Waals surface area contributed by atoms with Crippen molar-refractivity contribution in [1.82, 2.24) is 5.01 Å². The zero-order valence-electron chi connectivity index (χ0n) is 8.78. The molecule has 1 aromatic rings. The largest absolute Gasteiger partial charge is 0.497 e. The monoisotopic (exact) mass is 349 g/mol. The van der Waals surface area contributed by atoms with E-state index in [1.807, 2.05) is 24.3 Å². The second kappa shape index (κ2) is 6.12. The summed E-state index contributed by atoms with van der Waals surface area (Å²) in [6.07, 6.45) is 0. The van der Waals surface area contributed by atoms with E-state index >= 15 is 0 Å². The Morgan fingerprint density at radius 3 is 2.31 bits per heavy atom. The van der Waals surface area contributed by atoms with Gasteiger partial charge in [0.25, 0.3) is 0 Å². The van der Waals surface area contributed by atoms with Gasteiger partial charge in [-0.15, -0.1) is 0 Å². The third kappa shape index (κ3) is 3.70. The van der Waals surface area contributed by atoms with Crippen LogP contribution in [0.3, 0.4) is 0 Å². The second-order valence-electron chi connectivity index (χ2n) is 3.11. The van der Waals surface area contributed by atoms with Gasteiger partial charge in [0.05, 0.1) is 13.7 Å². The van der Waals surface area contributed by atoms with E-state index in [9.17, 15) is 0 Å². The molecule has 88 valence electrons. The molecule has 4 nitrogen and oxygen atoms in total. The van der Waals surface area contributed by atoms with Gasteiger partial charge in [-0.05, 0) is 49.6 Å². The molecule has 1 rings (SSSR count). The summed E-state index contributed by atoms with van der Waals surface area (Å²) in [4.78, 5) is 0. The van der Waals surface area contributed by atoms with Crippen LogP contribution in [0.5, 0.6) is 5.75 Å². The van der Waals surface area contributed by atoms with Crippen LogP contribution in [-0.2, 0) is 6.54 Å². The molecule has 16 heavy (non-hydrogen) atoms. The molecule has 0 aliphatic heterocycles. The Bertz CT molecular complexity index is 374. The molecule has 0 aliphatic rings. The van der Waals surface area contributed by atoms with E-state index in [-0.39, 0.29) is 0 Å². The Morgan fingerprint density at radius 1 is 1.31 bits per heavy atom. The van der Waals surface area contributed by atoms with E-state index in [1.165, 1.54) is 5.01 Å². The zero-order chi connectivity index (χ0) is 12.1. The molecule has 0 amide bonds. The van der Waals surface area contributed by atoms with Crippen LogP contribution in [0.1, 0.15) is 5.56 Å². The molecule has 0 heterocycles. The normalized spacial score (nSPS) is 12.0. The number of methoxy groups -OCH3 is 1. The van der Waals surface area contributed by atoms with Gasteiger partial charge >= 0.3 is 0 Å². The molecular formula is C10H13Br2N3O. The first-order valence-corrected chi connectivity index (χ1v) is 6.09. The topological polar surface area (TPSA) is 64.5 Å². The lowest BCUT2D eigenvalue weighted by molar-refractivity contribution is 0.377. The predicted octanol–water partition coefficient (Wildman–Crippen LogP) is 2.25. The van der Waals surface area contributed by atoms with Crippen LogP contribution in [0.15, 0.2) is 33.5 Å². The minimum atomic E-state index is 0.462. The maximum absolute atomic E-state index is 5.81. The summed E-state index contributed by atoms with van der Waals surface area (Å²) in [6.45, 7) is 0.552. The third-order valence-electron chi connectivity index (χ3n) is 1.96. The SMILES string of the molecule is COc1ccc(CN(N)/C(Br)=C(\N)Br)cc1. The van der Waals surface area contributed by atoms with E-state index in [2.05, 4.69) is 31.9 Å². The molecule has 0 spiro atoms. The first-order valence-electron chi connectivity index (χ1n) is 4.50. The van der Waals surface area contributed by atoms with Crippen molar-refractivity contribution in [2.75, 3.05) is 7.11 Å². The maximum atomic E-state index is 5.81. The molecule has 0 saturated heterocycles. The summed E-state index contributed by atoms with van der Waals surface area (Å²) in [6, 6.07) is 7.67. The predicted molar refractivity (Wildman–Crippen MR) is 71.8 cm³/mol. The van der Waals surface area contributed by atoms with E-state index in [4.69, 9.17) is 16.3 Å². The summed E-state index contributed by atoms with van der Waals surface area (Å²) in [5.41, 5.74) is 6.61. The van der Waals surface area contributed by atoms with Crippen molar-refractivity contribution in [1.29, 1.82) is 0 Å². The fourth-order valence-corrected chi connectivity index (χ4v) is 1.49. The Hall–Kier alpha value is -0.720. The van der Waals surface area contributed by atoms with Crippen LogP contribution in [0.4, 0.5) is 0 Å². The number of nitrogens with two attached hydrogens (primary N) is 2. The molecule has 0 atom stereocenters. The summed E-state index contributed by atoms with van der Waals surface area (Å²) in [7, 11) is 1.63. The van der Waals surface area contributed by atoms with Crippen molar-refractivity contribution in [3.63, 3.8) is 0 Å². The highest BCUT2D eigenvalue weighted by atomic mass is 79.9. The quantitative estimate of drug-likeness (QED) is 0.496. The Labute approximate surface area is 111 Å². The first kappa shape index (κ1) is 13.3. The zero-order valence-corrected chi connectivity index (χ0v) is 12.0. The van der Waals surface area contributed by atoms with E-state index in [0.29, 0.717) is 15.8 Å². The number of halogens is 2. The lowest BCUT2D eigenvalue weighted by atomic mass is 10.2. The molecule has 0 aliphatic carbocycles. The van der Waals surface area contributed by atoms with Gasteiger partial charge in [-0.3, -0.25) is 5.01 Å². The summed E-state index contributed by atoms with van der Waals surface area (Å²) in [5.74, 6) is 6.63. The van der Waals surface area contributed by atoms with Gasteiger partial charge in [0.1, 0.15) is 15.0 Å². The molecule has 0 unspecified atom stereocenters. The first-order chi connectivity index (χ1) is 7.54. The molecule has 0 saturated carbocycles. The highest BCUT2D eigenvalue weighted by Gasteiger charge is 2.06. The van der Waals surface area contributed by atoms with Gasteiger partial charge < -0.3 is 10.5 Å². The third-order valence-corrected chi connectivity index (χ3v) is 3.75. The van der Waals surface area contributed by atoms with Crippen LogP contribution in [-0.4, -0.2) is 12.1 Å². The van der Waals surface area contributed by atoms with Gasteiger partial charge in [0.2, 0.25) is 0 Å².